The van der Waals surface area contributed by atoms with Crippen LogP contribution >= 0.6 is 11.3 Å². The molecule has 4 heteroatoms. The van der Waals surface area contributed by atoms with Crippen LogP contribution in [0.4, 0.5) is 0 Å². The van der Waals surface area contributed by atoms with Crippen LogP contribution in [-0.2, 0) is 6.61 Å². The third-order valence-corrected chi connectivity index (χ3v) is 3.48. The summed E-state index contributed by atoms with van der Waals surface area (Å²) in [7, 11) is 0. The van der Waals surface area contributed by atoms with Gasteiger partial charge in [0.15, 0.2) is 0 Å². The van der Waals surface area contributed by atoms with Crippen molar-refractivity contribution >= 4 is 11.3 Å². The first kappa shape index (κ1) is 13.1. The molecule has 0 bridgehead atoms. The lowest BCUT2D eigenvalue weighted by Gasteiger charge is -2.17. The largest absolute Gasteiger partial charge is 0.486 e. The predicted octanol–water partition coefficient (Wildman–Crippen LogP) is 3.39. The molecule has 2 rings (SSSR count). The zero-order valence-corrected chi connectivity index (χ0v) is 11.5. The molecule has 96 valence electrons. The van der Waals surface area contributed by atoms with E-state index >= 15 is 0 Å². The Labute approximate surface area is 112 Å². The number of aromatic nitrogens is 1. The maximum absolute atomic E-state index is 5.86. The van der Waals surface area contributed by atoms with Gasteiger partial charge in [-0.05, 0) is 19.5 Å². The average Bonchev–Trinajstić information content (AvgIpc) is 2.90. The maximum atomic E-state index is 5.86. The van der Waals surface area contributed by atoms with E-state index in [1.165, 1.54) is 5.56 Å². The van der Waals surface area contributed by atoms with Crippen LogP contribution in [0.5, 0.6) is 5.75 Å². The number of benzene rings is 1. The number of hydrogen-bond donors (Lipinski definition) is 1. The summed E-state index contributed by atoms with van der Waals surface area (Å²) in [5, 5.41) is 6.37. The Balaban J connectivity index is 2.07. The van der Waals surface area contributed by atoms with Crippen molar-refractivity contribution in [2.24, 2.45) is 0 Å². The van der Waals surface area contributed by atoms with E-state index in [0.29, 0.717) is 12.6 Å². The second-order valence-electron chi connectivity index (χ2n) is 4.03. The van der Waals surface area contributed by atoms with E-state index in [9.17, 15) is 0 Å². The molecule has 0 amide bonds. The second kappa shape index (κ2) is 6.52. The van der Waals surface area contributed by atoms with E-state index in [0.717, 1.165) is 17.3 Å². The summed E-state index contributed by atoms with van der Waals surface area (Å²) in [5.41, 5.74) is 1.19. The molecule has 0 aliphatic heterocycles. The van der Waals surface area contributed by atoms with Gasteiger partial charge in [0.2, 0.25) is 0 Å². The third-order valence-electron chi connectivity index (χ3n) is 2.73. The van der Waals surface area contributed by atoms with Crippen LogP contribution < -0.4 is 10.1 Å². The quantitative estimate of drug-likeness (QED) is 0.866. The highest BCUT2D eigenvalue weighted by molar-refractivity contribution is 7.09. The molecule has 0 saturated heterocycles. The van der Waals surface area contributed by atoms with Gasteiger partial charge in [0, 0.05) is 23.2 Å². The van der Waals surface area contributed by atoms with E-state index in [4.69, 9.17) is 4.74 Å². The van der Waals surface area contributed by atoms with Crippen molar-refractivity contribution in [3.05, 3.63) is 46.4 Å². The smallest absolute Gasteiger partial charge is 0.140 e. The van der Waals surface area contributed by atoms with Crippen LogP contribution in [0.25, 0.3) is 0 Å². The standard InChI is InChI=1S/C14H18N2OS/c1-3-15-11(2)12-6-4-5-7-13(12)17-10-14-16-8-9-18-14/h4-9,11,15H,3,10H2,1-2H3. The highest BCUT2D eigenvalue weighted by Gasteiger charge is 2.10. The van der Waals surface area contributed by atoms with Crippen LogP contribution in [0.15, 0.2) is 35.8 Å². The Morgan fingerprint density at radius 1 is 1.39 bits per heavy atom. The number of ether oxygens (including phenoxy) is 1. The first-order valence-electron chi connectivity index (χ1n) is 6.14. The maximum Gasteiger partial charge on any atom is 0.140 e. The first-order chi connectivity index (χ1) is 8.81. The van der Waals surface area contributed by atoms with E-state index in [-0.39, 0.29) is 0 Å². The molecule has 0 saturated carbocycles. The lowest BCUT2D eigenvalue weighted by Crippen LogP contribution is -2.18. The number of nitrogens with zero attached hydrogens (tertiary/aromatic N) is 1. The molecule has 1 N–H and O–H groups in total. The van der Waals surface area contributed by atoms with Gasteiger partial charge in [0.05, 0.1) is 0 Å². The van der Waals surface area contributed by atoms with E-state index in [1.54, 1.807) is 17.5 Å². The predicted molar refractivity (Wildman–Crippen MR) is 75.0 cm³/mol. The zero-order valence-electron chi connectivity index (χ0n) is 10.7. The van der Waals surface area contributed by atoms with E-state index in [2.05, 4.69) is 30.2 Å². The number of para-hydroxylation sites is 1. The molecule has 1 aromatic heterocycles. The molecule has 0 aliphatic carbocycles. The Morgan fingerprint density at radius 3 is 2.94 bits per heavy atom. The molecular weight excluding hydrogens is 244 g/mol. The van der Waals surface area contributed by atoms with Crippen molar-refractivity contribution in [1.82, 2.24) is 10.3 Å². The Hall–Kier alpha value is -1.39. The minimum atomic E-state index is 0.294. The molecule has 1 unspecified atom stereocenters. The number of hydrogen-bond acceptors (Lipinski definition) is 4. The van der Waals surface area contributed by atoms with Gasteiger partial charge in [-0.25, -0.2) is 4.98 Å². The van der Waals surface area contributed by atoms with Crippen LogP contribution in [0.1, 0.15) is 30.5 Å². The van der Waals surface area contributed by atoms with Gasteiger partial charge in [-0.2, -0.15) is 0 Å². The SMILES string of the molecule is CCNC(C)c1ccccc1OCc1nccs1. The fourth-order valence-electron chi connectivity index (χ4n) is 1.85. The first-order valence-corrected chi connectivity index (χ1v) is 7.02. The normalized spacial score (nSPS) is 12.3. The lowest BCUT2D eigenvalue weighted by molar-refractivity contribution is 0.299. The van der Waals surface area contributed by atoms with Crippen LogP contribution in [0.3, 0.4) is 0 Å². The number of thiazole rings is 1. The van der Waals surface area contributed by atoms with Crippen LogP contribution in [0, 0.1) is 0 Å². The summed E-state index contributed by atoms with van der Waals surface area (Å²) < 4.78 is 5.86. The lowest BCUT2D eigenvalue weighted by atomic mass is 10.1. The molecular formula is C14H18N2OS. The summed E-state index contributed by atoms with van der Waals surface area (Å²) in [6, 6.07) is 8.45. The van der Waals surface area contributed by atoms with Gasteiger partial charge in [0.1, 0.15) is 17.4 Å². The van der Waals surface area contributed by atoms with Gasteiger partial charge >= 0.3 is 0 Å². The Bertz CT molecular complexity index is 470. The van der Waals surface area contributed by atoms with Gasteiger partial charge in [-0.15, -0.1) is 11.3 Å². The highest BCUT2D eigenvalue weighted by Crippen LogP contribution is 2.25. The second-order valence-corrected chi connectivity index (χ2v) is 5.01. The molecule has 2 aromatic rings. The van der Waals surface area contributed by atoms with Gasteiger partial charge in [-0.3, -0.25) is 0 Å². The third kappa shape index (κ3) is 3.31. The van der Waals surface area contributed by atoms with Crippen molar-refractivity contribution in [2.75, 3.05) is 6.54 Å². The molecule has 0 fully saturated rings. The molecule has 1 aromatic carbocycles. The highest BCUT2D eigenvalue weighted by atomic mass is 32.1. The molecule has 3 nitrogen and oxygen atoms in total. The van der Waals surface area contributed by atoms with E-state index < -0.39 is 0 Å². The molecule has 1 heterocycles. The van der Waals surface area contributed by atoms with Crippen LogP contribution in [0.2, 0.25) is 0 Å². The van der Waals surface area contributed by atoms with Crippen molar-refractivity contribution < 1.29 is 4.74 Å². The number of nitrogens with one attached hydrogen (secondary N) is 1. The summed E-state index contributed by atoms with van der Waals surface area (Å²) >= 11 is 1.61. The molecule has 1 atom stereocenters. The fraction of sp³-hybridized carbons (Fsp3) is 0.357. The molecule has 0 spiro atoms. The number of rotatable bonds is 6. The molecule has 0 aliphatic rings. The van der Waals surface area contributed by atoms with E-state index in [1.807, 2.05) is 23.6 Å². The van der Waals surface area contributed by atoms with Gasteiger partial charge in [-0.1, -0.05) is 25.1 Å². The van der Waals surface area contributed by atoms with Crippen molar-refractivity contribution in [3.8, 4) is 5.75 Å². The molecule has 18 heavy (non-hydrogen) atoms. The minimum Gasteiger partial charge on any atom is -0.486 e. The van der Waals surface area contributed by atoms with Gasteiger partial charge in [0.25, 0.3) is 0 Å². The zero-order chi connectivity index (χ0) is 12.8. The summed E-state index contributed by atoms with van der Waals surface area (Å²) in [6.07, 6.45) is 1.80. The van der Waals surface area contributed by atoms with Crippen molar-refractivity contribution in [3.63, 3.8) is 0 Å². The Morgan fingerprint density at radius 2 is 2.22 bits per heavy atom. The van der Waals surface area contributed by atoms with Crippen molar-refractivity contribution in [2.45, 2.75) is 26.5 Å². The van der Waals surface area contributed by atoms with Gasteiger partial charge < -0.3 is 10.1 Å². The summed E-state index contributed by atoms with van der Waals surface area (Å²) in [6.45, 7) is 5.74. The topological polar surface area (TPSA) is 34.1 Å². The average molecular weight is 262 g/mol. The van der Waals surface area contributed by atoms with Crippen LogP contribution in [-0.4, -0.2) is 11.5 Å². The monoisotopic (exact) mass is 262 g/mol. The summed E-state index contributed by atoms with van der Waals surface area (Å²) in [4.78, 5) is 4.22. The van der Waals surface area contributed by atoms with Crippen molar-refractivity contribution in [1.29, 1.82) is 0 Å². The molecule has 0 radical (unpaired) electrons. The summed E-state index contributed by atoms with van der Waals surface area (Å²) in [5.74, 6) is 0.932. The Kier molecular flexibility index (Phi) is 4.73. The minimum absolute atomic E-state index is 0.294. The fourth-order valence-corrected chi connectivity index (χ4v) is 2.38.